The van der Waals surface area contributed by atoms with E-state index in [1.807, 2.05) is 31.2 Å². The van der Waals surface area contributed by atoms with Crippen molar-refractivity contribution in [2.75, 3.05) is 13.7 Å². The lowest BCUT2D eigenvalue weighted by molar-refractivity contribution is -0.142. The monoisotopic (exact) mass is 358 g/mol. The molecule has 0 aliphatic carbocycles. The Kier molecular flexibility index (Phi) is 6.72. The van der Waals surface area contributed by atoms with Crippen molar-refractivity contribution in [1.29, 1.82) is 0 Å². The Labute approximate surface area is 152 Å². The van der Waals surface area contributed by atoms with Crippen LogP contribution >= 0.6 is 0 Å². The summed E-state index contributed by atoms with van der Waals surface area (Å²) in [5, 5.41) is 2.55. The molecule has 0 radical (unpaired) electrons. The van der Waals surface area contributed by atoms with Gasteiger partial charge in [0, 0.05) is 13.6 Å². The fourth-order valence-corrected chi connectivity index (χ4v) is 2.55. The predicted molar refractivity (Wildman–Crippen MR) is 97.2 cm³/mol. The molecular formula is C20H23FN2O3. The van der Waals surface area contributed by atoms with Gasteiger partial charge in [0.1, 0.15) is 6.04 Å². The average molecular weight is 358 g/mol. The largest absolute Gasteiger partial charge is 0.481 e. The number of hydrogen-bond acceptors (Lipinski definition) is 3. The number of carbonyl (C=O) groups is 2. The molecule has 5 nitrogen and oxygen atoms in total. The number of amides is 2. The van der Waals surface area contributed by atoms with Gasteiger partial charge in [-0.05, 0) is 37.1 Å². The van der Waals surface area contributed by atoms with Crippen LogP contribution in [-0.2, 0) is 16.1 Å². The minimum Gasteiger partial charge on any atom is -0.481 e. The van der Waals surface area contributed by atoms with Crippen LogP contribution in [-0.4, -0.2) is 36.4 Å². The first kappa shape index (κ1) is 19.4. The number of benzene rings is 2. The van der Waals surface area contributed by atoms with Crippen molar-refractivity contribution in [3.63, 3.8) is 0 Å². The lowest BCUT2D eigenvalue weighted by Crippen LogP contribution is -2.48. The molecule has 0 aliphatic heterocycles. The van der Waals surface area contributed by atoms with E-state index >= 15 is 0 Å². The first-order chi connectivity index (χ1) is 12.4. The summed E-state index contributed by atoms with van der Waals surface area (Å²) in [5.74, 6) is -1.21. The first-order valence-corrected chi connectivity index (χ1v) is 8.37. The standard InChI is InChI=1S/C20H23FN2O3/c1-14-8-4-5-9-16(14)12-23(15(2)20(25)22-3)19(24)13-26-18-11-7-6-10-17(18)21/h4-11,15H,12-13H2,1-3H3,(H,22,25). The van der Waals surface area contributed by atoms with E-state index in [0.29, 0.717) is 0 Å². The molecule has 0 spiro atoms. The van der Waals surface area contributed by atoms with Crippen LogP contribution in [0, 0.1) is 12.7 Å². The van der Waals surface area contributed by atoms with Gasteiger partial charge in [-0.25, -0.2) is 4.39 Å². The number of nitrogens with zero attached hydrogens (tertiary/aromatic N) is 1. The van der Waals surface area contributed by atoms with Gasteiger partial charge >= 0.3 is 0 Å². The Morgan fingerprint density at radius 1 is 1.15 bits per heavy atom. The van der Waals surface area contributed by atoms with Crippen molar-refractivity contribution in [2.45, 2.75) is 26.4 Å². The molecule has 0 heterocycles. The lowest BCUT2D eigenvalue weighted by Gasteiger charge is -2.28. The second-order valence-electron chi connectivity index (χ2n) is 5.96. The van der Waals surface area contributed by atoms with Gasteiger partial charge in [0.2, 0.25) is 5.91 Å². The Morgan fingerprint density at radius 2 is 1.81 bits per heavy atom. The van der Waals surface area contributed by atoms with Gasteiger partial charge in [-0.15, -0.1) is 0 Å². The third-order valence-corrected chi connectivity index (χ3v) is 4.20. The molecule has 138 valence electrons. The molecule has 1 atom stereocenters. The minimum absolute atomic E-state index is 0.00397. The molecule has 6 heteroatoms. The SMILES string of the molecule is CNC(=O)C(C)N(Cc1ccccc1C)C(=O)COc1ccccc1F. The van der Waals surface area contributed by atoms with E-state index in [1.54, 1.807) is 19.1 Å². The number of aryl methyl sites for hydroxylation is 1. The summed E-state index contributed by atoms with van der Waals surface area (Å²) < 4.78 is 19.0. The van der Waals surface area contributed by atoms with Crippen molar-refractivity contribution in [1.82, 2.24) is 10.2 Å². The fourth-order valence-electron chi connectivity index (χ4n) is 2.55. The molecule has 2 amide bonds. The van der Waals surface area contributed by atoms with Crippen LogP contribution < -0.4 is 10.1 Å². The maximum absolute atomic E-state index is 13.7. The Bertz CT molecular complexity index is 779. The number of rotatable bonds is 7. The number of carbonyl (C=O) groups excluding carboxylic acids is 2. The number of para-hydroxylation sites is 1. The molecule has 0 bridgehead atoms. The second kappa shape index (κ2) is 8.99. The van der Waals surface area contributed by atoms with Crippen LogP contribution in [0.2, 0.25) is 0 Å². The fraction of sp³-hybridized carbons (Fsp3) is 0.300. The molecule has 0 fully saturated rings. The van der Waals surface area contributed by atoms with Gasteiger partial charge in [-0.2, -0.15) is 0 Å². The van der Waals surface area contributed by atoms with Gasteiger partial charge in [0.25, 0.3) is 5.91 Å². The normalized spacial score (nSPS) is 11.5. The van der Waals surface area contributed by atoms with Crippen molar-refractivity contribution < 1.29 is 18.7 Å². The van der Waals surface area contributed by atoms with E-state index in [1.165, 1.54) is 24.1 Å². The Balaban J connectivity index is 2.17. The van der Waals surface area contributed by atoms with Gasteiger partial charge in [0.15, 0.2) is 18.2 Å². The number of ether oxygens (including phenoxy) is 1. The molecule has 0 saturated carbocycles. The number of halogens is 1. The molecule has 1 N–H and O–H groups in total. The summed E-state index contributed by atoms with van der Waals surface area (Å²) in [4.78, 5) is 26.2. The number of likely N-dealkylation sites (N-methyl/N-ethyl adjacent to an activating group) is 1. The van der Waals surface area contributed by atoms with E-state index in [9.17, 15) is 14.0 Å². The smallest absolute Gasteiger partial charge is 0.261 e. The van der Waals surface area contributed by atoms with E-state index in [0.717, 1.165) is 11.1 Å². The van der Waals surface area contributed by atoms with Crippen LogP contribution in [0.25, 0.3) is 0 Å². The summed E-state index contributed by atoms with van der Waals surface area (Å²) in [7, 11) is 1.52. The molecule has 26 heavy (non-hydrogen) atoms. The number of nitrogens with one attached hydrogen (secondary N) is 1. The highest BCUT2D eigenvalue weighted by molar-refractivity contribution is 5.87. The number of hydrogen-bond donors (Lipinski definition) is 1. The van der Waals surface area contributed by atoms with Crippen LogP contribution in [0.5, 0.6) is 5.75 Å². The lowest BCUT2D eigenvalue weighted by atomic mass is 10.1. The first-order valence-electron chi connectivity index (χ1n) is 8.37. The second-order valence-corrected chi connectivity index (χ2v) is 5.96. The molecule has 2 aromatic rings. The van der Waals surface area contributed by atoms with Crippen LogP contribution in [0.3, 0.4) is 0 Å². The zero-order valence-electron chi connectivity index (χ0n) is 15.2. The van der Waals surface area contributed by atoms with Crippen molar-refractivity contribution >= 4 is 11.8 Å². The Morgan fingerprint density at radius 3 is 2.46 bits per heavy atom. The summed E-state index contributed by atoms with van der Waals surface area (Å²) >= 11 is 0. The van der Waals surface area contributed by atoms with E-state index in [4.69, 9.17) is 4.74 Å². The summed E-state index contributed by atoms with van der Waals surface area (Å²) in [6, 6.07) is 12.8. The van der Waals surface area contributed by atoms with Crippen LogP contribution in [0.15, 0.2) is 48.5 Å². The third kappa shape index (κ3) is 4.81. The van der Waals surface area contributed by atoms with Crippen LogP contribution in [0.4, 0.5) is 4.39 Å². The van der Waals surface area contributed by atoms with Gasteiger partial charge < -0.3 is 15.0 Å². The maximum atomic E-state index is 13.7. The molecule has 2 aromatic carbocycles. The van der Waals surface area contributed by atoms with Crippen LogP contribution in [0.1, 0.15) is 18.1 Å². The predicted octanol–water partition coefficient (Wildman–Crippen LogP) is 2.68. The molecule has 2 rings (SSSR count). The van der Waals surface area contributed by atoms with Crippen molar-refractivity contribution in [2.24, 2.45) is 0 Å². The highest BCUT2D eigenvalue weighted by Gasteiger charge is 2.26. The van der Waals surface area contributed by atoms with E-state index in [-0.39, 0.29) is 24.8 Å². The highest BCUT2D eigenvalue weighted by Crippen LogP contribution is 2.17. The minimum atomic E-state index is -0.684. The summed E-state index contributed by atoms with van der Waals surface area (Å²) in [6.07, 6.45) is 0. The highest BCUT2D eigenvalue weighted by atomic mass is 19.1. The average Bonchev–Trinajstić information content (AvgIpc) is 2.65. The summed E-state index contributed by atoms with van der Waals surface area (Å²) in [5.41, 5.74) is 1.95. The van der Waals surface area contributed by atoms with E-state index in [2.05, 4.69) is 5.32 Å². The van der Waals surface area contributed by atoms with Gasteiger partial charge in [0.05, 0.1) is 0 Å². The van der Waals surface area contributed by atoms with Crippen molar-refractivity contribution in [3.8, 4) is 5.75 Å². The quantitative estimate of drug-likeness (QED) is 0.828. The molecular weight excluding hydrogens is 335 g/mol. The van der Waals surface area contributed by atoms with Gasteiger partial charge in [-0.3, -0.25) is 9.59 Å². The maximum Gasteiger partial charge on any atom is 0.261 e. The molecule has 0 saturated heterocycles. The molecule has 1 unspecified atom stereocenters. The zero-order valence-corrected chi connectivity index (χ0v) is 15.2. The third-order valence-electron chi connectivity index (χ3n) is 4.20. The molecule has 0 aliphatic rings. The topological polar surface area (TPSA) is 58.6 Å². The van der Waals surface area contributed by atoms with E-state index < -0.39 is 17.8 Å². The van der Waals surface area contributed by atoms with Gasteiger partial charge in [-0.1, -0.05) is 36.4 Å². The summed E-state index contributed by atoms with van der Waals surface area (Å²) in [6.45, 7) is 3.51. The Hall–Kier alpha value is -2.89. The molecule has 0 aromatic heterocycles. The van der Waals surface area contributed by atoms with Crippen molar-refractivity contribution in [3.05, 3.63) is 65.5 Å². The zero-order chi connectivity index (χ0) is 19.1.